The number of carbonyl (C=O) groups excluding carboxylic acids is 2. The number of hydrogen-bond donors (Lipinski definition) is 0. The molecule has 0 aliphatic carbocycles. The van der Waals surface area contributed by atoms with E-state index in [-0.39, 0.29) is 17.8 Å². The number of rotatable bonds is 18. The van der Waals surface area contributed by atoms with Gasteiger partial charge in [0.2, 0.25) is 5.91 Å². The molecule has 0 aromatic carbocycles. The van der Waals surface area contributed by atoms with Crippen LogP contribution in [0.25, 0.3) is 0 Å². The number of nitrogens with zero attached hydrogens (tertiary/aromatic N) is 1. The van der Waals surface area contributed by atoms with Crippen molar-refractivity contribution in [3.63, 3.8) is 0 Å². The highest BCUT2D eigenvalue weighted by Crippen LogP contribution is 2.20. The molecule has 0 aromatic rings. The summed E-state index contributed by atoms with van der Waals surface area (Å²) in [6.45, 7) is 9.52. The fourth-order valence-electron chi connectivity index (χ4n) is 4.35. The smallest absolute Gasteiger partial charge is 0.309 e. The van der Waals surface area contributed by atoms with Gasteiger partial charge in [-0.25, -0.2) is 0 Å². The summed E-state index contributed by atoms with van der Waals surface area (Å²) in [6, 6.07) is 0. The van der Waals surface area contributed by atoms with Crippen LogP contribution in [0.3, 0.4) is 0 Å². The van der Waals surface area contributed by atoms with Gasteiger partial charge >= 0.3 is 5.97 Å². The Labute approximate surface area is 192 Å². The maximum Gasteiger partial charge on any atom is 0.309 e. The summed E-state index contributed by atoms with van der Waals surface area (Å²) in [5.74, 6) is -0.122. The summed E-state index contributed by atoms with van der Waals surface area (Å²) in [7, 11) is 0. The fraction of sp³-hybridized carbons (Fsp3) is 0.852. The Hall–Kier alpha value is -1.32. The molecule has 1 fully saturated rings. The molecule has 31 heavy (non-hydrogen) atoms. The normalized spacial score (nSPS) is 14.6. The number of unbranched alkanes of at least 4 members (excludes halogenated alkanes) is 14. The predicted octanol–water partition coefficient (Wildman–Crippen LogP) is 7.22. The van der Waals surface area contributed by atoms with Crippen molar-refractivity contribution in [2.45, 2.75) is 123 Å². The van der Waals surface area contributed by atoms with Gasteiger partial charge in [0.25, 0.3) is 0 Å². The van der Waals surface area contributed by atoms with E-state index in [1.165, 1.54) is 83.5 Å². The van der Waals surface area contributed by atoms with Crippen molar-refractivity contribution in [2.24, 2.45) is 5.92 Å². The van der Waals surface area contributed by atoms with Crippen molar-refractivity contribution in [2.75, 3.05) is 19.7 Å². The van der Waals surface area contributed by atoms with Crippen LogP contribution in [0.1, 0.15) is 123 Å². The van der Waals surface area contributed by atoms with Gasteiger partial charge in [-0.1, -0.05) is 103 Å². The van der Waals surface area contributed by atoms with Gasteiger partial charge in [0.1, 0.15) is 0 Å². The van der Waals surface area contributed by atoms with Crippen LogP contribution in [0.2, 0.25) is 0 Å². The third-order valence-electron chi connectivity index (χ3n) is 6.47. The molecule has 4 heteroatoms. The molecule has 0 radical (unpaired) electrons. The van der Waals surface area contributed by atoms with E-state index >= 15 is 0 Å². The Morgan fingerprint density at radius 3 is 1.61 bits per heavy atom. The Kier molecular flexibility index (Phi) is 16.3. The summed E-state index contributed by atoms with van der Waals surface area (Å²) in [5.41, 5.74) is 0.564. The molecular formula is C27H49NO3. The monoisotopic (exact) mass is 435 g/mol. The van der Waals surface area contributed by atoms with Crippen molar-refractivity contribution in [3.8, 4) is 0 Å². The lowest BCUT2D eigenvalue weighted by Crippen LogP contribution is -2.40. The maximum absolute atomic E-state index is 12.2. The van der Waals surface area contributed by atoms with Crippen molar-refractivity contribution in [3.05, 3.63) is 12.2 Å². The highest BCUT2D eigenvalue weighted by Gasteiger charge is 2.28. The number of likely N-dealkylation sites (tertiary alicyclic amines) is 1. The minimum absolute atomic E-state index is 0.00428. The van der Waals surface area contributed by atoms with Crippen molar-refractivity contribution in [1.82, 2.24) is 4.90 Å². The SMILES string of the molecule is C=C(C)C(=O)N1CCC(C(=O)OCCCCCCCCCCCCCCCCC)CC1. The molecule has 4 nitrogen and oxygen atoms in total. The number of esters is 1. The van der Waals surface area contributed by atoms with Gasteiger partial charge < -0.3 is 9.64 Å². The first-order valence-electron chi connectivity index (χ1n) is 13.2. The largest absolute Gasteiger partial charge is 0.465 e. The van der Waals surface area contributed by atoms with E-state index in [0.29, 0.717) is 38.1 Å². The average molecular weight is 436 g/mol. The van der Waals surface area contributed by atoms with Crippen molar-refractivity contribution >= 4 is 11.9 Å². The van der Waals surface area contributed by atoms with Gasteiger partial charge in [-0.2, -0.15) is 0 Å². The Bertz CT molecular complexity index is 495. The lowest BCUT2D eigenvalue weighted by Gasteiger charge is -2.31. The molecule has 1 rings (SSSR count). The zero-order valence-electron chi connectivity index (χ0n) is 20.6. The fourth-order valence-corrected chi connectivity index (χ4v) is 4.35. The molecule has 1 aliphatic rings. The highest BCUT2D eigenvalue weighted by molar-refractivity contribution is 5.92. The molecule has 0 bridgehead atoms. The Morgan fingerprint density at radius 2 is 1.19 bits per heavy atom. The summed E-state index contributed by atoms with van der Waals surface area (Å²) in [6.07, 6.45) is 21.5. The molecule has 0 unspecified atom stereocenters. The van der Waals surface area contributed by atoms with Crippen LogP contribution in [-0.2, 0) is 14.3 Å². The van der Waals surface area contributed by atoms with Crippen LogP contribution in [0.5, 0.6) is 0 Å². The van der Waals surface area contributed by atoms with Gasteiger partial charge in [-0.05, 0) is 26.2 Å². The van der Waals surface area contributed by atoms with Gasteiger partial charge in [0.15, 0.2) is 0 Å². The molecular weight excluding hydrogens is 386 g/mol. The van der Waals surface area contributed by atoms with E-state index < -0.39 is 0 Å². The van der Waals surface area contributed by atoms with E-state index in [1.807, 2.05) is 0 Å². The summed E-state index contributed by atoms with van der Waals surface area (Å²) >= 11 is 0. The number of piperidine rings is 1. The second-order valence-electron chi connectivity index (χ2n) is 9.46. The molecule has 0 spiro atoms. The zero-order chi connectivity index (χ0) is 22.7. The minimum atomic E-state index is -0.0761. The first-order valence-corrected chi connectivity index (χ1v) is 13.2. The lowest BCUT2D eigenvalue weighted by molar-refractivity contribution is -0.151. The number of ether oxygens (including phenoxy) is 1. The van der Waals surface area contributed by atoms with Crippen molar-refractivity contribution < 1.29 is 14.3 Å². The van der Waals surface area contributed by atoms with Gasteiger partial charge in [0, 0.05) is 18.7 Å². The Morgan fingerprint density at radius 1 is 0.774 bits per heavy atom. The predicted molar refractivity (Wildman–Crippen MR) is 130 cm³/mol. The first-order chi connectivity index (χ1) is 15.1. The first kappa shape index (κ1) is 27.7. The molecule has 0 saturated carbocycles. The summed E-state index contributed by atoms with van der Waals surface area (Å²) < 4.78 is 5.48. The third kappa shape index (κ3) is 13.6. The van der Waals surface area contributed by atoms with Crippen LogP contribution in [0, 0.1) is 5.92 Å². The molecule has 1 amide bonds. The van der Waals surface area contributed by atoms with E-state index in [1.54, 1.807) is 11.8 Å². The summed E-state index contributed by atoms with van der Waals surface area (Å²) in [4.78, 5) is 25.9. The van der Waals surface area contributed by atoms with Crippen LogP contribution in [0.4, 0.5) is 0 Å². The standard InChI is InChI=1S/C27H49NO3/c1-4-5-6-7-8-9-10-11-12-13-14-15-16-17-18-23-31-27(30)25-19-21-28(22-20-25)26(29)24(2)3/h25H,2,4-23H2,1,3H3. The summed E-state index contributed by atoms with van der Waals surface area (Å²) in [5, 5.41) is 0. The maximum atomic E-state index is 12.2. The molecule has 1 aliphatic heterocycles. The number of amides is 1. The molecule has 1 saturated heterocycles. The molecule has 180 valence electrons. The molecule has 1 heterocycles. The topological polar surface area (TPSA) is 46.6 Å². The second-order valence-corrected chi connectivity index (χ2v) is 9.46. The Balaban J connectivity index is 1.86. The number of hydrogen-bond acceptors (Lipinski definition) is 3. The van der Waals surface area contributed by atoms with Crippen LogP contribution < -0.4 is 0 Å². The lowest BCUT2D eigenvalue weighted by atomic mass is 9.96. The number of carbonyl (C=O) groups is 2. The highest BCUT2D eigenvalue weighted by atomic mass is 16.5. The quantitative estimate of drug-likeness (QED) is 0.130. The van der Waals surface area contributed by atoms with Crippen LogP contribution in [0.15, 0.2) is 12.2 Å². The van der Waals surface area contributed by atoms with Crippen molar-refractivity contribution in [1.29, 1.82) is 0 Å². The second kappa shape index (κ2) is 18.3. The van der Waals surface area contributed by atoms with E-state index in [0.717, 1.165) is 12.8 Å². The van der Waals surface area contributed by atoms with Gasteiger partial charge in [-0.3, -0.25) is 9.59 Å². The third-order valence-corrected chi connectivity index (χ3v) is 6.47. The average Bonchev–Trinajstić information content (AvgIpc) is 2.78. The molecule has 0 aromatic heterocycles. The van der Waals surface area contributed by atoms with E-state index in [9.17, 15) is 9.59 Å². The van der Waals surface area contributed by atoms with E-state index in [2.05, 4.69) is 13.5 Å². The molecule has 0 N–H and O–H groups in total. The van der Waals surface area contributed by atoms with Gasteiger partial charge in [-0.15, -0.1) is 0 Å². The van der Waals surface area contributed by atoms with Crippen LogP contribution >= 0.6 is 0 Å². The zero-order valence-corrected chi connectivity index (χ0v) is 20.6. The molecule has 0 atom stereocenters. The van der Waals surface area contributed by atoms with Crippen LogP contribution in [-0.4, -0.2) is 36.5 Å². The van der Waals surface area contributed by atoms with E-state index in [4.69, 9.17) is 4.74 Å². The van der Waals surface area contributed by atoms with Gasteiger partial charge in [0.05, 0.1) is 12.5 Å². The minimum Gasteiger partial charge on any atom is -0.465 e.